The summed E-state index contributed by atoms with van der Waals surface area (Å²) in [6, 6.07) is 11.1. The third-order valence-corrected chi connectivity index (χ3v) is 4.83. The zero-order chi connectivity index (χ0) is 18.8. The SMILES string of the molecule is O=C(C=Cc1c(-n2cnnn2)ccc(Cl)c1F)N1CCc2ccccc2C1. The molecule has 1 aliphatic heterocycles. The van der Waals surface area contributed by atoms with Crippen molar-refractivity contribution in [1.29, 1.82) is 0 Å². The van der Waals surface area contributed by atoms with Crippen LogP contribution in [-0.2, 0) is 17.8 Å². The van der Waals surface area contributed by atoms with Crippen LogP contribution in [0.2, 0.25) is 5.02 Å². The van der Waals surface area contributed by atoms with E-state index >= 15 is 0 Å². The quantitative estimate of drug-likeness (QED) is 0.652. The van der Waals surface area contributed by atoms with Crippen LogP contribution < -0.4 is 0 Å². The summed E-state index contributed by atoms with van der Waals surface area (Å²) < 4.78 is 15.9. The molecule has 0 fully saturated rings. The number of tetrazole rings is 1. The Hall–Kier alpha value is -3.06. The van der Waals surface area contributed by atoms with Gasteiger partial charge in [-0.1, -0.05) is 35.9 Å². The molecule has 0 aliphatic carbocycles. The van der Waals surface area contributed by atoms with E-state index in [1.165, 1.54) is 34.8 Å². The van der Waals surface area contributed by atoms with Gasteiger partial charge in [0, 0.05) is 24.7 Å². The zero-order valence-corrected chi connectivity index (χ0v) is 15.0. The van der Waals surface area contributed by atoms with E-state index in [2.05, 4.69) is 21.6 Å². The predicted octanol–water partition coefficient (Wildman–Crippen LogP) is 3.05. The van der Waals surface area contributed by atoms with Gasteiger partial charge in [0.15, 0.2) is 5.82 Å². The van der Waals surface area contributed by atoms with E-state index in [1.807, 2.05) is 18.2 Å². The minimum absolute atomic E-state index is 0.0363. The molecule has 136 valence electrons. The number of carbonyl (C=O) groups excluding carboxylic acids is 1. The van der Waals surface area contributed by atoms with Gasteiger partial charge in [0.25, 0.3) is 0 Å². The Balaban J connectivity index is 1.60. The molecule has 1 aromatic heterocycles. The number of hydrogen-bond acceptors (Lipinski definition) is 4. The van der Waals surface area contributed by atoms with Crippen LogP contribution in [-0.4, -0.2) is 37.6 Å². The first-order valence-electron chi connectivity index (χ1n) is 8.38. The van der Waals surface area contributed by atoms with Crippen molar-refractivity contribution >= 4 is 23.6 Å². The van der Waals surface area contributed by atoms with Crippen molar-refractivity contribution in [2.24, 2.45) is 0 Å². The van der Waals surface area contributed by atoms with E-state index in [0.717, 1.165) is 12.0 Å². The molecule has 1 aliphatic rings. The summed E-state index contributed by atoms with van der Waals surface area (Å²) in [7, 11) is 0. The molecule has 0 saturated carbocycles. The fraction of sp³-hybridized carbons (Fsp3) is 0.158. The lowest BCUT2D eigenvalue weighted by atomic mass is 10.00. The van der Waals surface area contributed by atoms with Crippen molar-refractivity contribution in [2.45, 2.75) is 13.0 Å². The highest BCUT2D eigenvalue weighted by atomic mass is 35.5. The van der Waals surface area contributed by atoms with E-state index in [1.54, 1.807) is 11.0 Å². The van der Waals surface area contributed by atoms with Crippen LogP contribution in [0.1, 0.15) is 16.7 Å². The van der Waals surface area contributed by atoms with Gasteiger partial charge in [-0.05, 0) is 46.2 Å². The summed E-state index contributed by atoms with van der Waals surface area (Å²) in [5, 5.41) is 10.9. The molecule has 0 atom stereocenters. The van der Waals surface area contributed by atoms with Gasteiger partial charge in [0.2, 0.25) is 5.91 Å². The third-order valence-electron chi connectivity index (χ3n) is 4.54. The molecule has 27 heavy (non-hydrogen) atoms. The number of fused-ring (bicyclic) bond motifs is 1. The lowest BCUT2D eigenvalue weighted by Gasteiger charge is -2.27. The Morgan fingerprint density at radius 3 is 2.78 bits per heavy atom. The van der Waals surface area contributed by atoms with Gasteiger partial charge < -0.3 is 4.90 Å². The lowest BCUT2D eigenvalue weighted by Crippen LogP contribution is -2.34. The largest absolute Gasteiger partial charge is 0.334 e. The molecule has 0 spiro atoms. The number of amides is 1. The summed E-state index contributed by atoms with van der Waals surface area (Å²) >= 11 is 5.90. The highest BCUT2D eigenvalue weighted by Gasteiger charge is 2.19. The first kappa shape index (κ1) is 17.4. The third kappa shape index (κ3) is 3.46. The predicted molar refractivity (Wildman–Crippen MR) is 98.7 cm³/mol. The number of halogens is 2. The van der Waals surface area contributed by atoms with Gasteiger partial charge in [-0.3, -0.25) is 4.79 Å². The van der Waals surface area contributed by atoms with Crippen LogP contribution >= 0.6 is 11.6 Å². The van der Waals surface area contributed by atoms with E-state index in [9.17, 15) is 9.18 Å². The van der Waals surface area contributed by atoms with E-state index in [4.69, 9.17) is 11.6 Å². The molecule has 4 rings (SSSR count). The molecule has 0 unspecified atom stereocenters. The molecule has 0 radical (unpaired) electrons. The molecule has 8 heteroatoms. The van der Waals surface area contributed by atoms with Crippen molar-refractivity contribution < 1.29 is 9.18 Å². The first-order valence-corrected chi connectivity index (χ1v) is 8.76. The molecular weight excluding hydrogens is 369 g/mol. The summed E-state index contributed by atoms with van der Waals surface area (Å²) in [6.45, 7) is 1.16. The van der Waals surface area contributed by atoms with Crippen molar-refractivity contribution in [3.05, 3.63) is 76.3 Å². The monoisotopic (exact) mass is 383 g/mol. The summed E-state index contributed by atoms with van der Waals surface area (Å²) in [5.74, 6) is -0.816. The molecule has 6 nitrogen and oxygen atoms in total. The smallest absolute Gasteiger partial charge is 0.246 e. The van der Waals surface area contributed by atoms with E-state index in [-0.39, 0.29) is 16.5 Å². The molecule has 0 bridgehead atoms. The van der Waals surface area contributed by atoms with Gasteiger partial charge in [-0.25, -0.2) is 4.39 Å². The second-order valence-corrected chi connectivity index (χ2v) is 6.57. The van der Waals surface area contributed by atoms with Crippen molar-refractivity contribution in [1.82, 2.24) is 25.1 Å². The highest BCUT2D eigenvalue weighted by Crippen LogP contribution is 2.26. The Morgan fingerprint density at radius 2 is 2.00 bits per heavy atom. The van der Waals surface area contributed by atoms with Gasteiger partial charge >= 0.3 is 0 Å². The second-order valence-electron chi connectivity index (χ2n) is 6.16. The summed E-state index contributed by atoms with van der Waals surface area (Å²) in [4.78, 5) is 14.3. The van der Waals surface area contributed by atoms with E-state index in [0.29, 0.717) is 18.8 Å². The average Bonchev–Trinajstić information content (AvgIpc) is 3.23. The number of carbonyl (C=O) groups is 1. The number of nitrogens with zero attached hydrogens (tertiary/aromatic N) is 5. The normalized spacial score (nSPS) is 13.8. The van der Waals surface area contributed by atoms with Gasteiger partial charge in [-0.2, -0.15) is 4.68 Å². The molecule has 1 amide bonds. The van der Waals surface area contributed by atoms with Crippen LogP contribution in [0.25, 0.3) is 11.8 Å². The number of aromatic nitrogens is 4. The van der Waals surface area contributed by atoms with Gasteiger partial charge in [0.05, 0.1) is 10.7 Å². The molecule has 3 aromatic rings. The molecular formula is C19H15ClFN5O. The highest BCUT2D eigenvalue weighted by molar-refractivity contribution is 6.31. The molecule has 0 N–H and O–H groups in total. The molecule has 2 aromatic carbocycles. The van der Waals surface area contributed by atoms with Crippen LogP contribution in [0.3, 0.4) is 0 Å². The van der Waals surface area contributed by atoms with Gasteiger partial charge in [-0.15, -0.1) is 5.10 Å². The van der Waals surface area contributed by atoms with E-state index < -0.39 is 5.82 Å². The molecule has 2 heterocycles. The number of benzene rings is 2. The summed E-state index contributed by atoms with van der Waals surface area (Å²) in [6.07, 6.45) is 4.93. The lowest BCUT2D eigenvalue weighted by molar-refractivity contribution is -0.126. The van der Waals surface area contributed by atoms with Gasteiger partial charge in [0.1, 0.15) is 6.33 Å². The zero-order valence-electron chi connectivity index (χ0n) is 14.2. The van der Waals surface area contributed by atoms with Crippen molar-refractivity contribution in [2.75, 3.05) is 6.54 Å². The first-order chi connectivity index (χ1) is 13.1. The average molecular weight is 384 g/mol. The maximum Gasteiger partial charge on any atom is 0.246 e. The summed E-state index contributed by atoms with van der Waals surface area (Å²) in [5.41, 5.74) is 2.94. The standard InChI is InChI=1S/C19H15ClFN5O/c20-16-6-7-17(26-12-22-23-24-26)15(19(16)21)5-8-18(27)25-10-9-13-3-1-2-4-14(13)11-25/h1-8,12H,9-11H2. The van der Waals surface area contributed by atoms with Crippen LogP contribution in [0.5, 0.6) is 0 Å². The second kappa shape index (κ2) is 7.28. The van der Waals surface area contributed by atoms with Crippen molar-refractivity contribution in [3.8, 4) is 5.69 Å². The fourth-order valence-electron chi connectivity index (χ4n) is 3.13. The minimum atomic E-state index is -0.627. The minimum Gasteiger partial charge on any atom is -0.334 e. The van der Waals surface area contributed by atoms with Crippen LogP contribution in [0, 0.1) is 5.82 Å². The van der Waals surface area contributed by atoms with Crippen molar-refractivity contribution in [3.63, 3.8) is 0 Å². The van der Waals surface area contributed by atoms with Crippen LogP contribution in [0.4, 0.5) is 4.39 Å². The maximum atomic E-state index is 14.6. The van der Waals surface area contributed by atoms with Crippen LogP contribution in [0.15, 0.2) is 48.8 Å². The topological polar surface area (TPSA) is 63.9 Å². The Labute approximate surface area is 159 Å². The fourth-order valence-corrected chi connectivity index (χ4v) is 3.29. The maximum absolute atomic E-state index is 14.6. The number of rotatable bonds is 3. The number of hydrogen-bond donors (Lipinski definition) is 0. The Bertz CT molecular complexity index is 1020. The Kier molecular flexibility index (Phi) is 4.68. The Morgan fingerprint density at radius 1 is 1.19 bits per heavy atom. The molecule has 0 saturated heterocycles.